The summed E-state index contributed by atoms with van der Waals surface area (Å²) in [6.07, 6.45) is -0.201. The van der Waals surface area contributed by atoms with Gasteiger partial charge in [0.05, 0.1) is 6.04 Å². The molecule has 0 bridgehead atoms. The molecule has 1 aromatic carbocycles. The van der Waals surface area contributed by atoms with E-state index >= 15 is 0 Å². The molecule has 2 rings (SSSR count). The molecule has 1 aliphatic heterocycles. The standard InChI is InChI=1S/C14H16FNO3/c15-9-12-8-13(17)6-7-16(12)14(18)19-10-11-4-2-1-3-5-11/h1-5,12H,6-10H2/t12-/m0/s1. The van der Waals surface area contributed by atoms with Crippen molar-refractivity contribution in [1.29, 1.82) is 0 Å². The SMILES string of the molecule is O=C1CCN(C(=O)OCc2ccccc2)[C@H](CF)C1. The van der Waals surface area contributed by atoms with Crippen LogP contribution in [0.3, 0.4) is 0 Å². The molecule has 0 radical (unpaired) electrons. The highest BCUT2D eigenvalue weighted by Crippen LogP contribution is 2.16. The second kappa shape index (κ2) is 6.31. The van der Waals surface area contributed by atoms with E-state index in [0.717, 1.165) is 5.56 Å². The van der Waals surface area contributed by atoms with E-state index in [4.69, 9.17) is 4.74 Å². The summed E-state index contributed by atoms with van der Waals surface area (Å²) in [5, 5.41) is 0. The molecule has 0 unspecified atom stereocenters. The molecule has 1 aliphatic rings. The Hall–Kier alpha value is -1.91. The van der Waals surface area contributed by atoms with E-state index < -0.39 is 18.8 Å². The fourth-order valence-electron chi connectivity index (χ4n) is 2.08. The quantitative estimate of drug-likeness (QED) is 0.842. The lowest BCUT2D eigenvalue weighted by Gasteiger charge is -2.32. The van der Waals surface area contributed by atoms with Crippen molar-refractivity contribution >= 4 is 11.9 Å². The van der Waals surface area contributed by atoms with Gasteiger partial charge < -0.3 is 9.64 Å². The number of nitrogens with zero attached hydrogens (tertiary/aromatic N) is 1. The molecule has 1 atom stereocenters. The Morgan fingerprint density at radius 2 is 2.11 bits per heavy atom. The third-order valence-corrected chi connectivity index (χ3v) is 3.15. The van der Waals surface area contributed by atoms with Crippen LogP contribution in [0.2, 0.25) is 0 Å². The highest BCUT2D eigenvalue weighted by atomic mass is 19.1. The number of benzene rings is 1. The summed E-state index contributed by atoms with van der Waals surface area (Å²) in [6, 6.07) is 8.60. The first-order valence-electron chi connectivity index (χ1n) is 6.25. The van der Waals surface area contributed by atoms with Crippen molar-refractivity contribution < 1.29 is 18.7 Å². The van der Waals surface area contributed by atoms with Gasteiger partial charge in [-0.15, -0.1) is 0 Å². The molecule has 0 spiro atoms. The van der Waals surface area contributed by atoms with Crippen LogP contribution in [0.4, 0.5) is 9.18 Å². The fraction of sp³-hybridized carbons (Fsp3) is 0.429. The number of carbonyl (C=O) groups excluding carboxylic acids is 2. The number of hydrogen-bond donors (Lipinski definition) is 0. The Kier molecular flexibility index (Phi) is 4.49. The summed E-state index contributed by atoms with van der Waals surface area (Å²) in [7, 11) is 0. The van der Waals surface area contributed by atoms with Gasteiger partial charge in [0.1, 0.15) is 19.1 Å². The zero-order valence-electron chi connectivity index (χ0n) is 10.5. The van der Waals surface area contributed by atoms with Gasteiger partial charge in [0.25, 0.3) is 0 Å². The average Bonchev–Trinajstić information content (AvgIpc) is 2.45. The van der Waals surface area contributed by atoms with Crippen molar-refractivity contribution in [3.63, 3.8) is 0 Å². The highest BCUT2D eigenvalue weighted by molar-refractivity contribution is 5.82. The van der Waals surface area contributed by atoms with Crippen molar-refractivity contribution in [3.8, 4) is 0 Å². The van der Waals surface area contributed by atoms with Crippen molar-refractivity contribution in [3.05, 3.63) is 35.9 Å². The van der Waals surface area contributed by atoms with Gasteiger partial charge in [0.15, 0.2) is 0 Å². The molecule has 0 saturated carbocycles. The molecule has 1 saturated heterocycles. The van der Waals surface area contributed by atoms with Crippen LogP contribution in [0, 0.1) is 0 Å². The van der Waals surface area contributed by atoms with E-state index in [1.807, 2.05) is 30.3 Å². The number of amides is 1. The van der Waals surface area contributed by atoms with E-state index in [2.05, 4.69) is 0 Å². The summed E-state index contributed by atoms with van der Waals surface area (Å²) >= 11 is 0. The second-order valence-electron chi connectivity index (χ2n) is 4.53. The van der Waals surface area contributed by atoms with Crippen molar-refractivity contribution in [2.24, 2.45) is 0 Å². The van der Waals surface area contributed by atoms with Crippen LogP contribution >= 0.6 is 0 Å². The first-order valence-corrected chi connectivity index (χ1v) is 6.25. The molecule has 19 heavy (non-hydrogen) atoms. The van der Waals surface area contributed by atoms with Crippen LogP contribution < -0.4 is 0 Å². The van der Waals surface area contributed by atoms with Gasteiger partial charge in [-0.1, -0.05) is 30.3 Å². The Morgan fingerprint density at radius 3 is 2.79 bits per heavy atom. The average molecular weight is 265 g/mol. The number of carbonyl (C=O) groups is 2. The molecule has 5 heteroatoms. The van der Waals surface area contributed by atoms with Gasteiger partial charge in [-0.05, 0) is 5.56 Å². The Balaban J connectivity index is 1.90. The Labute approximate surface area is 111 Å². The molecular weight excluding hydrogens is 249 g/mol. The minimum Gasteiger partial charge on any atom is -0.445 e. The van der Waals surface area contributed by atoms with Gasteiger partial charge in [0.2, 0.25) is 0 Å². The summed E-state index contributed by atoms with van der Waals surface area (Å²) in [5.74, 6) is -0.00485. The number of ether oxygens (including phenoxy) is 1. The molecular formula is C14H16FNO3. The minimum absolute atomic E-state index is 0.00485. The number of likely N-dealkylation sites (tertiary alicyclic amines) is 1. The predicted octanol–water partition coefficient (Wildman–Crippen LogP) is 2.33. The van der Waals surface area contributed by atoms with Crippen LogP contribution in [0.15, 0.2) is 30.3 Å². The first kappa shape index (κ1) is 13.5. The van der Waals surface area contributed by atoms with Gasteiger partial charge >= 0.3 is 6.09 Å². The zero-order valence-corrected chi connectivity index (χ0v) is 10.5. The van der Waals surface area contributed by atoms with Gasteiger partial charge in [-0.3, -0.25) is 4.79 Å². The summed E-state index contributed by atoms with van der Waals surface area (Å²) < 4.78 is 18.0. The minimum atomic E-state index is -0.716. The summed E-state index contributed by atoms with van der Waals surface area (Å²) in [6.45, 7) is -0.323. The monoisotopic (exact) mass is 265 g/mol. The van der Waals surface area contributed by atoms with Gasteiger partial charge in [-0.25, -0.2) is 9.18 Å². The fourth-order valence-corrected chi connectivity index (χ4v) is 2.08. The van der Waals surface area contributed by atoms with Crippen LogP contribution in [0.1, 0.15) is 18.4 Å². The van der Waals surface area contributed by atoms with Crippen LogP contribution in [-0.4, -0.2) is 36.0 Å². The van der Waals surface area contributed by atoms with Gasteiger partial charge in [0, 0.05) is 19.4 Å². The van der Waals surface area contributed by atoms with E-state index in [-0.39, 0.29) is 31.8 Å². The van der Waals surface area contributed by atoms with Gasteiger partial charge in [-0.2, -0.15) is 0 Å². The normalized spacial score (nSPS) is 19.3. The van der Waals surface area contributed by atoms with Crippen LogP contribution in [0.25, 0.3) is 0 Å². The smallest absolute Gasteiger partial charge is 0.410 e. The van der Waals surface area contributed by atoms with Crippen LogP contribution in [-0.2, 0) is 16.1 Å². The second-order valence-corrected chi connectivity index (χ2v) is 4.53. The maximum Gasteiger partial charge on any atom is 0.410 e. The highest BCUT2D eigenvalue weighted by Gasteiger charge is 2.31. The summed E-state index contributed by atoms with van der Waals surface area (Å²) in [4.78, 5) is 24.4. The Morgan fingerprint density at radius 1 is 1.37 bits per heavy atom. The predicted molar refractivity (Wildman–Crippen MR) is 67.3 cm³/mol. The summed E-state index contributed by atoms with van der Waals surface area (Å²) in [5.41, 5.74) is 0.876. The molecule has 0 aromatic heterocycles. The first-order chi connectivity index (χ1) is 9.20. The topological polar surface area (TPSA) is 46.6 Å². The lowest BCUT2D eigenvalue weighted by atomic mass is 10.0. The van der Waals surface area contributed by atoms with E-state index in [9.17, 15) is 14.0 Å². The van der Waals surface area contributed by atoms with Crippen LogP contribution in [0.5, 0.6) is 0 Å². The van der Waals surface area contributed by atoms with Crippen molar-refractivity contribution in [1.82, 2.24) is 4.90 Å². The number of Topliss-reactive ketones (excluding diaryl/α,β-unsaturated/α-hetero) is 1. The molecule has 102 valence electrons. The number of hydrogen-bond acceptors (Lipinski definition) is 3. The molecule has 4 nitrogen and oxygen atoms in total. The number of piperidine rings is 1. The number of ketones is 1. The lowest BCUT2D eigenvalue weighted by molar-refractivity contribution is -0.122. The lowest BCUT2D eigenvalue weighted by Crippen LogP contribution is -2.47. The maximum atomic E-state index is 12.8. The number of rotatable bonds is 3. The van der Waals surface area contributed by atoms with Crippen molar-refractivity contribution in [2.75, 3.05) is 13.2 Å². The molecule has 0 aliphatic carbocycles. The Bertz CT molecular complexity index is 449. The van der Waals surface area contributed by atoms with E-state index in [1.165, 1.54) is 4.90 Å². The molecule has 0 N–H and O–H groups in total. The largest absolute Gasteiger partial charge is 0.445 e. The zero-order chi connectivity index (χ0) is 13.7. The molecule has 1 aromatic rings. The third kappa shape index (κ3) is 3.53. The number of alkyl halides is 1. The van der Waals surface area contributed by atoms with E-state index in [1.54, 1.807) is 0 Å². The molecule has 1 amide bonds. The van der Waals surface area contributed by atoms with E-state index in [0.29, 0.717) is 0 Å². The third-order valence-electron chi connectivity index (χ3n) is 3.15. The maximum absolute atomic E-state index is 12.8. The molecule has 1 fully saturated rings. The number of halogens is 1. The molecule has 1 heterocycles. The van der Waals surface area contributed by atoms with Crippen molar-refractivity contribution in [2.45, 2.75) is 25.5 Å².